The molecule has 4 nitrogen and oxygen atoms in total. The third-order valence-electron chi connectivity index (χ3n) is 4.63. The molecule has 34 heavy (non-hydrogen) atoms. The van der Waals surface area contributed by atoms with Gasteiger partial charge in [0.25, 0.3) is 5.60 Å². The predicted molar refractivity (Wildman–Crippen MR) is 112 cm³/mol. The monoisotopic (exact) mass is 528 g/mol. The lowest BCUT2D eigenvalue weighted by molar-refractivity contribution is -0.275. The Morgan fingerprint density at radius 2 is 1.71 bits per heavy atom. The summed E-state index contributed by atoms with van der Waals surface area (Å²) in [7, 11) is 0. The Morgan fingerprint density at radius 3 is 2.29 bits per heavy atom. The van der Waals surface area contributed by atoms with Gasteiger partial charge in [-0.3, -0.25) is 4.79 Å². The van der Waals surface area contributed by atoms with E-state index in [4.69, 9.17) is 28.0 Å². The predicted octanol–water partition coefficient (Wildman–Crippen LogP) is 7.27. The number of nitrogens with zero attached hydrogens (tertiary/aromatic N) is 1. The van der Waals surface area contributed by atoms with Crippen LogP contribution in [-0.4, -0.2) is 24.0 Å². The molecule has 1 unspecified atom stereocenters. The van der Waals surface area contributed by atoms with Crippen molar-refractivity contribution in [2.24, 2.45) is 5.16 Å². The van der Waals surface area contributed by atoms with Gasteiger partial charge in [-0.2, -0.15) is 26.3 Å². The van der Waals surface area contributed by atoms with Crippen LogP contribution in [0.25, 0.3) is 6.08 Å². The minimum atomic E-state index is -4.90. The van der Waals surface area contributed by atoms with Crippen LogP contribution in [0.4, 0.5) is 36.4 Å². The first-order valence-electron chi connectivity index (χ1n) is 9.31. The zero-order valence-corrected chi connectivity index (χ0v) is 18.2. The van der Waals surface area contributed by atoms with Crippen LogP contribution in [0.2, 0.25) is 10.0 Å². The van der Waals surface area contributed by atoms with E-state index in [9.17, 15) is 35.5 Å². The zero-order chi connectivity index (χ0) is 25.3. The fourth-order valence-corrected chi connectivity index (χ4v) is 3.64. The summed E-state index contributed by atoms with van der Waals surface area (Å²) in [6.45, 7) is 0. The van der Waals surface area contributed by atoms with Crippen LogP contribution in [0.1, 0.15) is 24.0 Å². The lowest BCUT2D eigenvalue weighted by atomic mass is 9.88. The molecule has 1 amide bonds. The number of nitrogens with one attached hydrogen (secondary N) is 1. The molecule has 0 spiro atoms. The SMILES string of the molecule is O=C(CC(F)(F)F)Nc1cc(/C=C/C2=NOC(c3cc(Cl)cc(Cl)c3)(C(F)(F)F)C2)ccc1F. The molecule has 0 saturated carbocycles. The van der Waals surface area contributed by atoms with E-state index in [0.717, 1.165) is 30.3 Å². The van der Waals surface area contributed by atoms with Crippen LogP contribution in [0.5, 0.6) is 0 Å². The number of hydrogen-bond donors (Lipinski definition) is 1. The van der Waals surface area contributed by atoms with Crippen molar-refractivity contribution in [2.75, 3.05) is 5.32 Å². The molecule has 0 fully saturated rings. The van der Waals surface area contributed by atoms with E-state index in [0.29, 0.717) is 0 Å². The van der Waals surface area contributed by atoms with E-state index >= 15 is 0 Å². The normalized spacial score (nSPS) is 18.7. The first kappa shape index (κ1) is 25.8. The number of benzene rings is 2. The highest BCUT2D eigenvalue weighted by atomic mass is 35.5. The molecule has 3 rings (SSSR count). The van der Waals surface area contributed by atoms with Gasteiger partial charge < -0.3 is 10.2 Å². The number of anilines is 1. The first-order valence-corrected chi connectivity index (χ1v) is 10.1. The summed E-state index contributed by atoms with van der Waals surface area (Å²) >= 11 is 11.7. The molecule has 1 aliphatic heterocycles. The Hall–Kier alpha value is -2.79. The summed E-state index contributed by atoms with van der Waals surface area (Å²) in [6.07, 6.45) is -9.83. The highest BCUT2D eigenvalue weighted by Gasteiger charge is 2.62. The maximum absolute atomic E-state index is 14.0. The fourth-order valence-electron chi connectivity index (χ4n) is 3.11. The van der Waals surface area contributed by atoms with Gasteiger partial charge in [0.2, 0.25) is 5.91 Å². The van der Waals surface area contributed by atoms with Crippen LogP contribution in [0.15, 0.2) is 47.6 Å². The Morgan fingerprint density at radius 1 is 1.06 bits per heavy atom. The van der Waals surface area contributed by atoms with Crippen LogP contribution in [0, 0.1) is 5.82 Å². The number of carbonyl (C=O) groups excluding carboxylic acids is 1. The number of rotatable bonds is 5. The van der Waals surface area contributed by atoms with Gasteiger partial charge in [-0.25, -0.2) is 4.39 Å². The van der Waals surface area contributed by atoms with Gasteiger partial charge in [0.15, 0.2) is 0 Å². The van der Waals surface area contributed by atoms with E-state index in [1.54, 1.807) is 5.32 Å². The molecule has 0 bridgehead atoms. The zero-order valence-electron chi connectivity index (χ0n) is 16.7. The van der Waals surface area contributed by atoms with E-state index in [1.165, 1.54) is 18.2 Å². The number of amides is 1. The lowest BCUT2D eigenvalue weighted by Gasteiger charge is -2.29. The Balaban J connectivity index is 1.81. The van der Waals surface area contributed by atoms with Crippen molar-refractivity contribution in [1.29, 1.82) is 0 Å². The average Bonchev–Trinajstić information content (AvgIpc) is 3.12. The summed E-state index contributed by atoms with van der Waals surface area (Å²) in [4.78, 5) is 16.2. The second-order valence-corrected chi connectivity index (χ2v) is 8.12. The molecule has 13 heteroatoms. The molecule has 1 N–H and O–H groups in total. The van der Waals surface area contributed by atoms with Crippen molar-refractivity contribution in [1.82, 2.24) is 0 Å². The molecule has 0 aromatic heterocycles. The molecule has 0 radical (unpaired) electrons. The Bertz CT molecular complexity index is 1140. The van der Waals surface area contributed by atoms with Crippen LogP contribution >= 0.6 is 23.2 Å². The Labute approximate surface area is 198 Å². The quantitative estimate of drug-likeness (QED) is 0.415. The van der Waals surface area contributed by atoms with Gasteiger partial charge >= 0.3 is 12.4 Å². The Kier molecular flexibility index (Phi) is 7.18. The summed E-state index contributed by atoms with van der Waals surface area (Å²) < 4.78 is 92.7. The molecule has 182 valence electrons. The number of oxime groups is 1. The molecule has 0 aliphatic carbocycles. The molecule has 0 saturated heterocycles. The van der Waals surface area contributed by atoms with Crippen LogP contribution in [-0.2, 0) is 15.2 Å². The second kappa shape index (κ2) is 9.46. The van der Waals surface area contributed by atoms with Crippen LogP contribution in [0.3, 0.4) is 0 Å². The number of hydrogen-bond acceptors (Lipinski definition) is 3. The highest BCUT2D eigenvalue weighted by molar-refractivity contribution is 6.34. The summed E-state index contributed by atoms with van der Waals surface area (Å²) in [5.41, 5.74) is -3.71. The summed E-state index contributed by atoms with van der Waals surface area (Å²) in [5, 5.41) is 5.22. The average molecular weight is 529 g/mol. The third-order valence-corrected chi connectivity index (χ3v) is 5.07. The van der Waals surface area contributed by atoms with Crippen molar-refractivity contribution in [3.63, 3.8) is 0 Å². The van der Waals surface area contributed by atoms with E-state index in [1.807, 2.05) is 0 Å². The summed E-state index contributed by atoms with van der Waals surface area (Å²) in [6, 6.07) is 6.47. The minimum Gasteiger partial charge on any atom is -0.374 e. The molecular formula is C21H13Cl2F7N2O2. The van der Waals surface area contributed by atoms with Gasteiger partial charge in [-0.05, 0) is 42.0 Å². The minimum absolute atomic E-state index is 0.0369. The molecule has 1 heterocycles. The number of halogens is 9. The van der Waals surface area contributed by atoms with Crippen molar-refractivity contribution >= 4 is 46.6 Å². The van der Waals surface area contributed by atoms with E-state index in [-0.39, 0.29) is 26.9 Å². The van der Waals surface area contributed by atoms with Crippen LogP contribution < -0.4 is 5.32 Å². The molecule has 1 aliphatic rings. The lowest BCUT2D eigenvalue weighted by Crippen LogP contribution is -2.42. The molecular weight excluding hydrogens is 516 g/mol. The standard InChI is InChI=1S/C21H13Cl2F7N2O2/c22-13-6-12(7-14(23)8-13)19(21(28,29)30)9-15(32-34-19)3-1-11-2-4-16(24)17(5-11)31-18(33)10-20(25,26)27/h1-8H,9-10H2,(H,31,33)/b3-1+. The van der Waals surface area contributed by atoms with Crippen molar-refractivity contribution in [2.45, 2.75) is 30.8 Å². The van der Waals surface area contributed by atoms with Crippen molar-refractivity contribution in [3.8, 4) is 0 Å². The number of carbonyl (C=O) groups is 1. The number of alkyl halides is 6. The van der Waals surface area contributed by atoms with Crippen molar-refractivity contribution in [3.05, 3.63) is 69.5 Å². The van der Waals surface area contributed by atoms with Crippen molar-refractivity contribution < 1.29 is 40.4 Å². The molecule has 1 atom stereocenters. The number of allylic oxidation sites excluding steroid dienone is 1. The van der Waals surface area contributed by atoms with E-state index in [2.05, 4.69) is 5.16 Å². The smallest absolute Gasteiger partial charge is 0.374 e. The largest absolute Gasteiger partial charge is 0.435 e. The van der Waals surface area contributed by atoms with E-state index < -0.39 is 48.2 Å². The third kappa shape index (κ3) is 6.01. The molecule has 2 aromatic rings. The van der Waals surface area contributed by atoms with Gasteiger partial charge in [0, 0.05) is 22.0 Å². The maximum Gasteiger partial charge on any atom is 0.435 e. The highest BCUT2D eigenvalue weighted by Crippen LogP contribution is 2.49. The molecule has 2 aromatic carbocycles. The topological polar surface area (TPSA) is 50.7 Å². The first-order chi connectivity index (χ1) is 15.7. The summed E-state index contributed by atoms with van der Waals surface area (Å²) in [5.74, 6) is -2.47. The van der Waals surface area contributed by atoms with Gasteiger partial charge in [0.1, 0.15) is 12.2 Å². The fraction of sp³-hybridized carbons (Fsp3) is 0.238. The maximum atomic E-state index is 14.0. The second-order valence-electron chi connectivity index (χ2n) is 7.25. The van der Waals surface area contributed by atoms with Gasteiger partial charge in [-0.1, -0.05) is 40.5 Å². The van der Waals surface area contributed by atoms with Gasteiger partial charge in [-0.15, -0.1) is 0 Å². The van der Waals surface area contributed by atoms with Gasteiger partial charge in [0.05, 0.1) is 11.4 Å².